The second kappa shape index (κ2) is 17.7. The molecule has 0 saturated heterocycles. The molecule has 0 aromatic heterocycles. The van der Waals surface area contributed by atoms with Gasteiger partial charge in [-0.2, -0.15) is 0 Å². The van der Waals surface area contributed by atoms with Crippen LogP contribution in [0.4, 0.5) is 0 Å². The normalized spacial score (nSPS) is 16.5. The summed E-state index contributed by atoms with van der Waals surface area (Å²) >= 11 is 0. The zero-order chi connectivity index (χ0) is 20.4. The molecule has 3 nitrogen and oxygen atoms in total. The second-order valence-corrected chi connectivity index (χ2v) is 8.80. The fourth-order valence-electron chi connectivity index (χ4n) is 4.01. The molecule has 4 N–H and O–H groups in total. The van der Waals surface area contributed by atoms with Gasteiger partial charge in [-0.05, 0) is 58.8 Å². The molecule has 0 aliphatic rings. The summed E-state index contributed by atoms with van der Waals surface area (Å²) in [6.07, 6.45) is 22.8. The standard InChI is InChI=1S/C24H49NO2/c1-4-5-6-7-8-9-10-11-12-13-14-15-16-17-18-19-24(25,20-22(2)26)21-23(3)27/h11-12,22-23,26-27H,4-10,13-21,25H2,1-3H3/b12-11-. The molecule has 0 aliphatic carbocycles. The second-order valence-electron chi connectivity index (χ2n) is 8.80. The molecule has 0 radical (unpaired) electrons. The van der Waals surface area contributed by atoms with Crippen LogP contribution in [0.5, 0.6) is 0 Å². The molecule has 0 aromatic rings. The minimum Gasteiger partial charge on any atom is -0.393 e. The molecule has 0 aliphatic heterocycles. The van der Waals surface area contributed by atoms with Crippen molar-refractivity contribution in [3.63, 3.8) is 0 Å². The van der Waals surface area contributed by atoms with Crippen molar-refractivity contribution in [1.29, 1.82) is 0 Å². The van der Waals surface area contributed by atoms with Gasteiger partial charge in [-0.25, -0.2) is 0 Å². The van der Waals surface area contributed by atoms with Crippen molar-refractivity contribution in [1.82, 2.24) is 0 Å². The largest absolute Gasteiger partial charge is 0.393 e. The number of rotatable bonds is 19. The summed E-state index contributed by atoms with van der Waals surface area (Å²) in [5.41, 5.74) is 6.00. The Morgan fingerprint density at radius 3 is 1.56 bits per heavy atom. The summed E-state index contributed by atoms with van der Waals surface area (Å²) in [6, 6.07) is 0. The quantitative estimate of drug-likeness (QED) is 0.182. The summed E-state index contributed by atoms with van der Waals surface area (Å²) in [6.45, 7) is 5.83. The van der Waals surface area contributed by atoms with Crippen LogP contribution in [-0.4, -0.2) is 28.0 Å². The van der Waals surface area contributed by atoms with Gasteiger partial charge in [0.05, 0.1) is 12.2 Å². The maximum atomic E-state index is 9.66. The molecule has 0 aromatic carbocycles. The fraction of sp³-hybridized carbons (Fsp3) is 0.917. The summed E-state index contributed by atoms with van der Waals surface area (Å²) in [5.74, 6) is 0. The highest BCUT2D eigenvalue weighted by atomic mass is 16.3. The maximum absolute atomic E-state index is 9.66. The summed E-state index contributed by atoms with van der Waals surface area (Å²) in [7, 11) is 0. The molecule has 3 heteroatoms. The van der Waals surface area contributed by atoms with Gasteiger partial charge in [-0.15, -0.1) is 0 Å². The Labute approximate surface area is 169 Å². The first-order valence-corrected chi connectivity index (χ1v) is 11.7. The van der Waals surface area contributed by atoms with Crippen molar-refractivity contribution < 1.29 is 10.2 Å². The number of hydrogen-bond acceptors (Lipinski definition) is 3. The van der Waals surface area contributed by atoms with E-state index in [0.29, 0.717) is 12.8 Å². The number of allylic oxidation sites excluding steroid dienone is 2. The molecule has 2 unspecified atom stereocenters. The first-order chi connectivity index (χ1) is 12.9. The summed E-state index contributed by atoms with van der Waals surface area (Å²) in [5, 5.41) is 19.3. The van der Waals surface area contributed by atoms with Crippen molar-refractivity contribution in [2.45, 2.75) is 141 Å². The molecule has 0 amide bonds. The van der Waals surface area contributed by atoms with E-state index in [2.05, 4.69) is 19.1 Å². The third kappa shape index (κ3) is 18.7. The lowest BCUT2D eigenvalue weighted by Gasteiger charge is -2.32. The van der Waals surface area contributed by atoms with Gasteiger partial charge in [0.1, 0.15) is 0 Å². The van der Waals surface area contributed by atoms with E-state index in [1.54, 1.807) is 13.8 Å². The Morgan fingerprint density at radius 2 is 1.11 bits per heavy atom. The molecule has 0 rings (SSSR count). The van der Waals surface area contributed by atoms with E-state index < -0.39 is 17.7 Å². The Hall–Kier alpha value is -0.380. The monoisotopic (exact) mass is 383 g/mol. The number of nitrogens with two attached hydrogens (primary N) is 1. The zero-order valence-corrected chi connectivity index (χ0v) is 18.6. The van der Waals surface area contributed by atoms with Crippen LogP contribution < -0.4 is 5.73 Å². The molecular formula is C24H49NO2. The third-order valence-electron chi connectivity index (χ3n) is 5.34. The van der Waals surface area contributed by atoms with Gasteiger partial charge in [0.2, 0.25) is 0 Å². The van der Waals surface area contributed by atoms with Crippen LogP contribution in [0.3, 0.4) is 0 Å². The molecule has 0 bridgehead atoms. The van der Waals surface area contributed by atoms with E-state index in [-0.39, 0.29) is 0 Å². The van der Waals surface area contributed by atoms with Gasteiger partial charge < -0.3 is 15.9 Å². The predicted molar refractivity (Wildman–Crippen MR) is 119 cm³/mol. The molecule has 0 spiro atoms. The lowest BCUT2D eigenvalue weighted by atomic mass is 9.83. The molecule has 0 saturated carbocycles. The Bertz CT molecular complexity index is 329. The van der Waals surface area contributed by atoms with Crippen molar-refractivity contribution in [2.75, 3.05) is 0 Å². The van der Waals surface area contributed by atoms with Gasteiger partial charge in [0, 0.05) is 5.54 Å². The maximum Gasteiger partial charge on any atom is 0.0529 e. The van der Waals surface area contributed by atoms with Crippen LogP contribution in [0, 0.1) is 0 Å². The van der Waals surface area contributed by atoms with Crippen molar-refractivity contribution in [3.05, 3.63) is 12.2 Å². The lowest BCUT2D eigenvalue weighted by Crippen LogP contribution is -2.44. The van der Waals surface area contributed by atoms with E-state index >= 15 is 0 Å². The molecule has 0 heterocycles. The summed E-state index contributed by atoms with van der Waals surface area (Å²) in [4.78, 5) is 0. The number of aliphatic hydroxyl groups is 2. The van der Waals surface area contributed by atoms with Gasteiger partial charge >= 0.3 is 0 Å². The molecule has 2 atom stereocenters. The van der Waals surface area contributed by atoms with Crippen LogP contribution in [0.25, 0.3) is 0 Å². The zero-order valence-electron chi connectivity index (χ0n) is 18.6. The average Bonchev–Trinajstić information content (AvgIpc) is 2.56. The van der Waals surface area contributed by atoms with Gasteiger partial charge in [-0.3, -0.25) is 0 Å². The van der Waals surface area contributed by atoms with Crippen LogP contribution in [0.1, 0.15) is 124 Å². The van der Waals surface area contributed by atoms with Crippen molar-refractivity contribution in [2.24, 2.45) is 5.73 Å². The number of hydrogen-bond donors (Lipinski definition) is 3. The lowest BCUT2D eigenvalue weighted by molar-refractivity contribution is 0.0985. The van der Waals surface area contributed by atoms with E-state index in [1.807, 2.05) is 0 Å². The highest BCUT2D eigenvalue weighted by molar-refractivity contribution is 4.87. The number of unbranched alkanes of at least 4 members (excludes halogenated alkanes) is 11. The van der Waals surface area contributed by atoms with E-state index in [4.69, 9.17) is 5.73 Å². The van der Waals surface area contributed by atoms with Gasteiger partial charge in [0.25, 0.3) is 0 Å². The van der Waals surface area contributed by atoms with Crippen LogP contribution in [0.2, 0.25) is 0 Å². The molecule has 27 heavy (non-hydrogen) atoms. The minimum absolute atomic E-state index is 0.406. The van der Waals surface area contributed by atoms with Crippen molar-refractivity contribution >= 4 is 0 Å². The van der Waals surface area contributed by atoms with Crippen LogP contribution in [-0.2, 0) is 0 Å². The van der Waals surface area contributed by atoms with E-state index in [9.17, 15) is 10.2 Å². The van der Waals surface area contributed by atoms with Crippen LogP contribution in [0.15, 0.2) is 12.2 Å². The molecule has 0 fully saturated rings. The average molecular weight is 384 g/mol. The smallest absolute Gasteiger partial charge is 0.0529 e. The SMILES string of the molecule is CCCCCCCC/C=C\CCCCCCCC(N)(CC(C)O)CC(C)O. The van der Waals surface area contributed by atoms with E-state index in [1.165, 1.54) is 77.0 Å². The summed E-state index contributed by atoms with van der Waals surface area (Å²) < 4.78 is 0. The first kappa shape index (κ1) is 26.6. The van der Waals surface area contributed by atoms with Crippen molar-refractivity contribution in [3.8, 4) is 0 Å². The topological polar surface area (TPSA) is 66.5 Å². The molecule has 162 valence electrons. The van der Waals surface area contributed by atoms with E-state index in [0.717, 1.165) is 12.8 Å². The minimum atomic E-state index is -0.429. The van der Waals surface area contributed by atoms with Gasteiger partial charge in [0.15, 0.2) is 0 Å². The van der Waals surface area contributed by atoms with Crippen LogP contribution >= 0.6 is 0 Å². The fourth-order valence-corrected chi connectivity index (χ4v) is 4.01. The molecular weight excluding hydrogens is 334 g/mol. The predicted octanol–water partition coefficient (Wildman–Crippen LogP) is 6.26. The van der Waals surface area contributed by atoms with Gasteiger partial charge in [-0.1, -0.05) is 76.9 Å². The Kier molecular flexibility index (Phi) is 17.5. The Balaban J connectivity index is 3.58. The highest BCUT2D eigenvalue weighted by Gasteiger charge is 2.27. The number of aliphatic hydroxyl groups excluding tert-OH is 2. The first-order valence-electron chi connectivity index (χ1n) is 11.7. The third-order valence-corrected chi connectivity index (χ3v) is 5.34. The highest BCUT2D eigenvalue weighted by Crippen LogP contribution is 2.24. The Morgan fingerprint density at radius 1 is 0.704 bits per heavy atom.